The van der Waals surface area contributed by atoms with Crippen LogP contribution in [0.15, 0.2) is 30.6 Å². The summed E-state index contributed by atoms with van der Waals surface area (Å²) in [6.45, 7) is 0.591. The van der Waals surface area contributed by atoms with Crippen molar-refractivity contribution in [3.63, 3.8) is 0 Å². The van der Waals surface area contributed by atoms with Gasteiger partial charge in [-0.2, -0.15) is 0 Å². The summed E-state index contributed by atoms with van der Waals surface area (Å²) < 4.78 is 15.5. The average Bonchev–Trinajstić information content (AvgIpc) is 3.00. The predicted molar refractivity (Wildman–Crippen MR) is 72.3 cm³/mol. The highest BCUT2D eigenvalue weighted by Crippen LogP contribution is 2.32. The van der Waals surface area contributed by atoms with Gasteiger partial charge in [0.05, 0.1) is 7.11 Å². The molecule has 2 heterocycles. The number of carbonyl (C=O) groups is 1. The topological polar surface area (TPSA) is 82.6 Å². The third kappa shape index (κ3) is 2.86. The molecular formula is C14H13N3O4. The number of methoxy groups -OCH3 is 1. The fraction of sp³-hybridized carbons (Fsp3) is 0.214. The number of hydrogen-bond donors (Lipinski definition) is 1. The zero-order valence-electron chi connectivity index (χ0n) is 11.3. The third-order valence-corrected chi connectivity index (χ3v) is 2.97. The summed E-state index contributed by atoms with van der Waals surface area (Å²) in [4.78, 5) is 19.8. The fourth-order valence-corrected chi connectivity index (χ4v) is 1.90. The number of amides is 1. The molecule has 0 fully saturated rings. The summed E-state index contributed by atoms with van der Waals surface area (Å²) in [6, 6.07) is 7.00. The van der Waals surface area contributed by atoms with Crippen LogP contribution in [0.4, 0.5) is 0 Å². The van der Waals surface area contributed by atoms with Crippen LogP contribution in [-0.2, 0) is 6.54 Å². The van der Waals surface area contributed by atoms with E-state index in [4.69, 9.17) is 14.2 Å². The van der Waals surface area contributed by atoms with Crippen LogP contribution in [-0.4, -0.2) is 29.8 Å². The van der Waals surface area contributed by atoms with Crippen molar-refractivity contribution < 1.29 is 19.0 Å². The minimum atomic E-state index is -0.298. The molecule has 0 saturated heterocycles. The van der Waals surface area contributed by atoms with E-state index in [2.05, 4.69) is 15.3 Å². The number of nitrogens with zero attached hydrogens (tertiary/aromatic N) is 2. The number of fused-ring (bicyclic) bond motifs is 1. The van der Waals surface area contributed by atoms with Crippen molar-refractivity contribution in [2.75, 3.05) is 13.9 Å². The van der Waals surface area contributed by atoms with Gasteiger partial charge in [0.25, 0.3) is 5.91 Å². The maximum atomic E-state index is 12.0. The van der Waals surface area contributed by atoms with E-state index < -0.39 is 0 Å². The molecule has 21 heavy (non-hydrogen) atoms. The molecule has 1 N–H and O–H groups in total. The SMILES string of the molecule is COc1cc(C(=O)NCc2ccc3c(c2)OCO3)ncn1. The van der Waals surface area contributed by atoms with Gasteiger partial charge in [-0.1, -0.05) is 6.07 Å². The van der Waals surface area contributed by atoms with Crippen molar-refractivity contribution >= 4 is 5.91 Å². The highest BCUT2D eigenvalue weighted by Gasteiger charge is 2.14. The van der Waals surface area contributed by atoms with Crippen LogP contribution in [0.3, 0.4) is 0 Å². The standard InChI is InChI=1S/C14H13N3O4/c1-19-13-5-10(16-7-17-13)14(18)15-6-9-2-3-11-12(4-9)21-8-20-11/h2-5,7H,6,8H2,1H3,(H,15,18). The molecule has 2 aromatic rings. The Balaban J connectivity index is 1.65. The van der Waals surface area contributed by atoms with Crippen molar-refractivity contribution in [2.45, 2.75) is 6.54 Å². The van der Waals surface area contributed by atoms with Gasteiger partial charge >= 0.3 is 0 Å². The molecule has 7 heteroatoms. The van der Waals surface area contributed by atoms with Gasteiger partial charge in [-0.05, 0) is 17.7 Å². The van der Waals surface area contributed by atoms with Gasteiger partial charge < -0.3 is 19.5 Å². The first-order valence-corrected chi connectivity index (χ1v) is 6.29. The van der Waals surface area contributed by atoms with E-state index in [1.54, 1.807) is 0 Å². The largest absolute Gasteiger partial charge is 0.481 e. The zero-order chi connectivity index (χ0) is 14.7. The molecule has 3 rings (SSSR count). The molecule has 1 aromatic carbocycles. The first-order chi connectivity index (χ1) is 10.3. The van der Waals surface area contributed by atoms with E-state index in [1.807, 2.05) is 18.2 Å². The average molecular weight is 287 g/mol. The second-order valence-corrected chi connectivity index (χ2v) is 4.32. The Morgan fingerprint density at radius 1 is 1.29 bits per heavy atom. The van der Waals surface area contributed by atoms with Gasteiger partial charge in [-0.25, -0.2) is 9.97 Å². The molecular weight excluding hydrogens is 274 g/mol. The number of nitrogens with one attached hydrogen (secondary N) is 1. The Morgan fingerprint density at radius 3 is 3.00 bits per heavy atom. The van der Waals surface area contributed by atoms with Crippen molar-refractivity contribution in [3.05, 3.63) is 41.9 Å². The quantitative estimate of drug-likeness (QED) is 0.908. The van der Waals surface area contributed by atoms with Crippen LogP contribution in [0, 0.1) is 0 Å². The van der Waals surface area contributed by atoms with E-state index in [0.717, 1.165) is 5.56 Å². The lowest BCUT2D eigenvalue weighted by molar-refractivity contribution is 0.0945. The maximum Gasteiger partial charge on any atom is 0.270 e. The van der Waals surface area contributed by atoms with Gasteiger partial charge in [0.2, 0.25) is 12.7 Å². The number of carbonyl (C=O) groups excluding carboxylic acids is 1. The Bertz CT molecular complexity index is 675. The third-order valence-electron chi connectivity index (χ3n) is 2.97. The first kappa shape index (κ1) is 13.2. The molecule has 1 amide bonds. The minimum absolute atomic E-state index is 0.228. The molecule has 1 aliphatic heterocycles. The fourth-order valence-electron chi connectivity index (χ4n) is 1.90. The number of aromatic nitrogens is 2. The number of ether oxygens (including phenoxy) is 3. The molecule has 7 nitrogen and oxygen atoms in total. The molecule has 0 radical (unpaired) electrons. The van der Waals surface area contributed by atoms with Crippen LogP contribution in [0.5, 0.6) is 17.4 Å². The molecule has 0 spiro atoms. The van der Waals surface area contributed by atoms with E-state index in [-0.39, 0.29) is 18.4 Å². The van der Waals surface area contributed by atoms with Crippen LogP contribution in [0.1, 0.15) is 16.1 Å². The minimum Gasteiger partial charge on any atom is -0.481 e. The molecule has 1 aromatic heterocycles. The summed E-state index contributed by atoms with van der Waals surface area (Å²) in [7, 11) is 1.48. The second-order valence-electron chi connectivity index (χ2n) is 4.32. The molecule has 0 unspecified atom stereocenters. The normalized spacial score (nSPS) is 12.0. The van der Waals surface area contributed by atoms with E-state index >= 15 is 0 Å². The maximum absolute atomic E-state index is 12.0. The highest BCUT2D eigenvalue weighted by atomic mass is 16.7. The van der Waals surface area contributed by atoms with Gasteiger partial charge in [-0.3, -0.25) is 4.79 Å². The summed E-state index contributed by atoms with van der Waals surface area (Å²) >= 11 is 0. The van der Waals surface area contributed by atoms with Crippen molar-refractivity contribution in [1.82, 2.24) is 15.3 Å². The van der Waals surface area contributed by atoms with E-state index in [0.29, 0.717) is 23.9 Å². The summed E-state index contributed by atoms with van der Waals surface area (Å²) in [5, 5.41) is 2.78. The smallest absolute Gasteiger partial charge is 0.270 e. The summed E-state index contributed by atoms with van der Waals surface area (Å²) in [5.74, 6) is 1.45. The molecule has 1 aliphatic rings. The first-order valence-electron chi connectivity index (χ1n) is 6.29. The van der Waals surface area contributed by atoms with Crippen LogP contribution in [0.25, 0.3) is 0 Å². The van der Waals surface area contributed by atoms with Crippen molar-refractivity contribution in [1.29, 1.82) is 0 Å². The summed E-state index contributed by atoms with van der Waals surface area (Å²) in [6.07, 6.45) is 1.29. The van der Waals surface area contributed by atoms with Gasteiger partial charge in [0, 0.05) is 12.6 Å². The van der Waals surface area contributed by atoms with Crippen molar-refractivity contribution in [3.8, 4) is 17.4 Å². The molecule has 0 saturated carbocycles. The molecule has 0 aliphatic carbocycles. The number of benzene rings is 1. The Morgan fingerprint density at radius 2 is 2.14 bits per heavy atom. The van der Waals surface area contributed by atoms with Gasteiger partial charge in [0.15, 0.2) is 11.5 Å². The van der Waals surface area contributed by atoms with Crippen LogP contribution < -0.4 is 19.5 Å². The summed E-state index contributed by atoms with van der Waals surface area (Å²) in [5.41, 5.74) is 1.16. The number of rotatable bonds is 4. The lowest BCUT2D eigenvalue weighted by Gasteiger charge is -2.06. The Hall–Kier alpha value is -2.83. The second kappa shape index (κ2) is 5.66. The van der Waals surface area contributed by atoms with Gasteiger partial charge in [-0.15, -0.1) is 0 Å². The van der Waals surface area contributed by atoms with E-state index in [1.165, 1.54) is 19.5 Å². The molecule has 108 valence electrons. The highest BCUT2D eigenvalue weighted by molar-refractivity contribution is 5.92. The zero-order valence-corrected chi connectivity index (χ0v) is 11.3. The van der Waals surface area contributed by atoms with Gasteiger partial charge in [0.1, 0.15) is 12.0 Å². The Kier molecular flexibility index (Phi) is 3.55. The number of hydrogen-bond acceptors (Lipinski definition) is 6. The molecule has 0 atom stereocenters. The van der Waals surface area contributed by atoms with Crippen molar-refractivity contribution in [2.24, 2.45) is 0 Å². The monoisotopic (exact) mass is 287 g/mol. The van der Waals surface area contributed by atoms with Crippen LogP contribution in [0.2, 0.25) is 0 Å². The van der Waals surface area contributed by atoms with Crippen LogP contribution >= 0.6 is 0 Å². The lowest BCUT2D eigenvalue weighted by Crippen LogP contribution is -2.23. The van der Waals surface area contributed by atoms with E-state index in [9.17, 15) is 4.79 Å². The lowest BCUT2D eigenvalue weighted by atomic mass is 10.2. The molecule has 0 bridgehead atoms. The Labute approximate surface area is 120 Å². The predicted octanol–water partition coefficient (Wildman–Crippen LogP) is 1.14.